The predicted molar refractivity (Wildman–Crippen MR) is 122 cm³/mol. The number of sulfonamides is 1. The number of anilines is 2. The minimum Gasteiger partial charge on any atom is -0.325 e. The highest BCUT2D eigenvalue weighted by Gasteiger charge is 2.19. The number of rotatable bonds is 8. The van der Waals surface area contributed by atoms with Crippen molar-refractivity contribution in [3.05, 3.63) is 78.1 Å². The van der Waals surface area contributed by atoms with Crippen LogP contribution in [0, 0.1) is 0 Å². The van der Waals surface area contributed by atoms with Crippen molar-refractivity contribution in [1.29, 1.82) is 0 Å². The molecule has 3 aromatic rings. The molecule has 3 rings (SSSR count). The molecule has 1 amide bonds. The van der Waals surface area contributed by atoms with E-state index < -0.39 is 10.0 Å². The van der Waals surface area contributed by atoms with E-state index in [9.17, 15) is 13.2 Å². The van der Waals surface area contributed by atoms with Crippen molar-refractivity contribution in [2.24, 2.45) is 0 Å². The molecular weight excluding hydrogens is 442 g/mol. The maximum Gasteiger partial charge on any atom is 0.261 e. The molecule has 0 bridgehead atoms. The first kappa shape index (κ1) is 22.1. The highest BCUT2D eigenvalue weighted by atomic mass is 35.5. The molecule has 0 aliphatic carbocycles. The van der Waals surface area contributed by atoms with Crippen molar-refractivity contribution in [2.45, 2.75) is 28.4 Å². The molecular formula is C21H20ClN3O3S2. The van der Waals surface area contributed by atoms with Gasteiger partial charge < -0.3 is 5.32 Å². The van der Waals surface area contributed by atoms with Gasteiger partial charge in [-0.2, -0.15) is 0 Å². The summed E-state index contributed by atoms with van der Waals surface area (Å²) in [6.45, 7) is 1.94. The summed E-state index contributed by atoms with van der Waals surface area (Å²) in [7, 11) is -3.74. The third-order valence-corrected chi connectivity index (χ3v) is 7.13. The predicted octanol–water partition coefficient (Wildman–Crippen LogP) is 5.05. The Labute approximate surface area is 185 Å². The third kappa shape index (κ3) is 5.98. The Morgan fingerprint density at radius 2 is 1.77 bits per heavy atom. The maximum atomic E-state index is 12.6. The number of thioether (sulfide) groups is 1. The molecule has 6 nitrogen and oxygen atoms in total. The van der Waals surface area contributed by atoms with Crippen LogP contribution in [0.3, 0.4) is 0 Å². The Morgan fingerprint density at radius 3 is 2.37 bits per heavy atom. The molecule has 0 saturated heterocycles. The monoisotopic (exact) mass is 461 g/mol. The van der Waals surface area contributed by atoms with Gasteiger partial charge in [-0.1, -0.05) is 18.5 Å². The van der Waals surface area contributed by atoms with Crippen molar-refractivity contribution in [1.82, 2.24) is 4.98 Å². The van der Waals surface area contributed by atoms with Crippen LogP contribution in [-0.2, 0) is 14.8 Å². The number of carbonyl (C=O) groups excluding carboxylic acids is 1. The summed E-state index contributed by atoms with van der Waals surface area (Å²) in [5, 5.41) is 3.20. The topological polar surface area (TPSA) is 88.2 Å². The number of halogens is 1. The number of benzene rings is 2. The average Bonchev–Trinajstić information content (AvgIpc) is 2.74. The van der Waals surface area contributed by atoms with Crippen molar-refractivity contribution in [3.63, 3.8) is 0 Å². The number of carbonyl (C=O) groups is 1. The summed E-state index contributed by atoms with van der Waals surface area (Å²) in [4.78, 5) is 17.6. The van der Waals surface area contributed by atoms with E-state index in [0.717, 1.165) is 4.90 Å². The standard InChI is InChI=1S/C21H20ClN3O3S2/c1-2-20(29-18-9-5-15(22)6-10-18)21(26)24-16-7-11-19(12-8-16)30(27,28)25-17-4-3-13-23-14-17/h3-14,20,25H,2H2,1H3,(H,24,26)/t20-/m1/s1. The summed E-state index contributed by atoms with van der Waals surface area (Å²) < 4.78 is 27.4. The zero-order valence-electron chi connectivity index (χ0n) is 16.1. The fraction of sp³-hybridized carbons (Fsp3) is 0.143. The largest absolute Gasteiger partial charge is 0.325 e. The normalized spacial score (nSPS) is 12.2. The van der Waals surface area contributed by atoms with Crippen molar-refractivity contribution in [3.8, 4) is 0 Å². The van der Waals surface area contributed by atoms with E-state index >= 15 is 0 Å². The molecule has 0 fully saturated rings. The third-order valence-electron chi connectivity index (χ3n) is 4.10. The number of hydrogen-bond donors (Lipinski definition) is 2. The minimum absolute atomic E-state index is 0.0898. The summed E-state index contributed by atoms with van der Waals surface area (Å²) in [6, 6.07) is 16.6. The second-order valence-corrected chi connectivity index (χ2v) is 9.72. The smallest absolute Gasteiger partial charge is 0.261 e. The van der Waals surface area contributed by atoms with Crippen molar-refractivity contribution in [2.75, 3.05) is 10.0 Å². The van der Waals surface area contributed by atoms with Gasteiger partial charge in [0.05, 0.1) is 22.0 Å². The molecule has 2 N–H and O–H groups in total. The first-order chi connectivity index (χ1) is 14.4. The molecule has 9 heteroatoms. The van der Waals surface area contributed by atoms with Gasteiger partial charge in [-0.3, -0.25) is 14.5 Å². The molecule has 1 atom stereocenters. The number of nitrogens with zero attached hydrogens (tertiary/aromatic N) is 1. The molecule has 30 heavy (non-hydrogen) atoms. The Morgan fingerprint density at radius 1 is 1.07 bits per heavy atom. The second-order valence-electron chi connectivity index (χ2n) is 6.33. The first-order valence-electron chi connectivity index (χ1n) is 9.13. The Kier molecular flexibility index (Phi) is 7.36. The van der Waals surface area contributed by atoms with Crippen LogP contribution in [-0.4, -0.2) is 24.6 Å². The van der Waals surface area contributed by atoms with Crippen LogP contribution in [0.2, 0.25) is 5.02 Å². The average molecular weight is 462 g/mol. The Balaban J connectivity index is 1.65. The number of amides is 1. The van der Waals surface area contributed by atoms with Gasteiger partial charge in [-0.15, -0.1) is 11.8 Å². The van der Waals surface area contributed by atoms with E-state index in [0.29, 0.717) is 22.8 Å². The Bertz CT molecular complexity index is 1090. The van der Waals surface area contributed by atoms with Gasteiger partial charge >= 0.3 is 0 Å². The molecule has 0 aliphatic rings. The molecule has 0 aliphatic heterocycles. The lowest BCUT2D eigenvalue weighted by molar-refractivity contribution is -0.115. The lowest BCUT2D eigenvalue weighted by Crippen LogP contribution is -2.24. The summed E-state index contributed by atoms with van der Waals surface area (Å²) in [5.41, 5.74) is 0.898. The maximum absolute atomic E-state index is 12.6. The lowest BCUT2D eigenvalue weighted by Gasteiger charge is -2.15. The number of pyridine rings is 1. The van der Waals surface area contributed by atoms with Gasteiger partial charge in [0.2, 0.25) is 5.91 Å². The van der Waals surface area contributed by atoms with E-state index in [1.165, 1.54) is 30.1 Å². The highest BCUT2D eigenvalue weighted by molar-refractivity contribution is 8.00. The van der Waals surface area contributed by atoms with E-state index in [4.69, 9.17) is 11.6 Å². The van der Waals surface area contributed by atoms with Gasteiger partial charge in [0, 0.05) is 21.8 Å². The molecule has 0 radical (unpaired) electrons. The quantitative estimate of drug-likeness (QED) is 0.458. The number of nitrogens with one attached hydrogen (secondary N) is 2. The van der Waals surface area contributed by atoms with Crippen LogP contribution in [0.1, 0.15) is 13.3 Å². The highest BCUT2D eigenvalue weighted by Crippen LogP contribution is 2.28. The molecule has 2 aromatic carbocycles. The molecule has 156 valence electrons. The van der Waals surface area contributed by atoms with Gasteiger partial charge in [0.15, 0.2) is 0 Å². The van der Waals surface area contributed by atoms with E-state index in [-0.39, 0.29) is 16.1 Å². The molecule has 0 unspecified atom stereocenters. The van der Waals surface area contributed by atoms with Crippen molar-refractivity contribution < 1.29 is 13.2 Å². The van der Waals surface area contributed by atoms with Crippen LogP contribution < -0.4 is 10.0 Å². The summed E-state index contributed by atoms with van der Waals surface area (Å²) in [6.07, 6.45) is 3.63. The van der Waals surface area contributed by atoms with Crippen LogP contribution >= 0.6 is 23.4 Å². The van der Waals surface area contributed by atoms with Gasteiger partial charge in [-0.05, 0) is 67.1 Å². The molecule has 0 saturated carbocycles. The molecule has 0 spiro atoms. The first-order valence-corrected chi connectivity index (χ1v) is 11.9. The Hall–Kier alpha value is -2.55. The van der Waals surface area contributed by atoms with Gasteiger partial charge in [-0.25, -0.2) is 8.42 Å². The summed E-state index contributed by atoms with van der Waals surface area (Å²) >= 11 is 7.35. The van der Waals surface area contributed by atoms with Gasteiger partial charge in [0.25, 0.3) is 10.0 Å². The van der Waals surface area contributed by atoms with Crippen LogP contribution in [0.15, 0.2) is 82.8 Å². The van der Waals surface area contributed by atoms with Crippen LogP contribution in [0.25, 0.3) is 0 Å². The van der Waals surface area contributed by atoms with Crippen LogP contribution in [0.4, 0.5) is 11.4 Å². The van der Waals surface area contributed by atoms with Gasteiger partial charge in [0.1, 0.15) is 0 Å². The molecule has 1 aromatic heterocycles. The number of hydrogen-bond acceptors (Lipinski definition) is 5. The van der Waals surface area contributed by atoms with Crippen molar-refractivity contribution >= 4 is 50.7 Å². The number of aromatic nitrogens is 1. The zero-order chi connectivity index (χ0) is 21.6. The van der Waals surface area contributed by atoms with E-state index in [2.05, 4.69) is 15.0 Å². The second kappa shape index (κ2) is 9.97. The fourth-order valence-corrected chi connectivity index (χ4v) is 4.70. The van der Waals surface area contributed by atoms with Crippen LogP contribution in [0.5, 0.6) is 0 Å². The fourth-order valence-electron chi connectivity index (χ4n) is 2.58. The summed E-state index contributed by atoms with van der Waals surface area (Å²) in [5.74, 6) is -0.151. The lowest BCUT2D eigenvalue weighted by atomic mass is 10.3. The van der Waals surface area contributed by atoms with E-state index in [1.54, 1.807) is 42.6 Å². The SMILES string of the molecule is CC[C@@H](Sc1ccc(Cl)cc1)C(=O)Nc1ccc(S(=O)(=O)Nc2cccnc2)cc1. The minimum atomic E-state index is -3.74. The van der Waals surface area contributed by atoms with E-state index in [1.807, 2.05) is 19.1 Å². The molecule has 1 heterocycles. The zero-order valence-corrected chi connectivity index (χ0v) is 18.5.